The average molecular weight is 153 g/mol. The molecule has 2 heteroatoms. The molecule has 0 N–H and O–H groups in total. The van der Waals surface area contributed by atoms with Crippen molar-refractivity contribution in [1.29, 1.82) is 0 Å². The van der Waals surface area contributed by atoms with E-state index in [9.17, 15) is 4.79 Å². The van der Waals surface area contributed by atoms with Gasteiger partial charge in [0.05, 0.1) is 6.61 Å². The molecular formula is C9H13O2. The van der Waals surface area contributed by atoms with Crippen molar-refractivity contribution in [2.45, 2.75) is 26.2 Å². The molecule has 0 fully saturated rings. The normalized spacial score (nSPS) is 8.18. The van der Waals surface area contributed by atoms with Gasteiger partial charge >= 0.3 is 5.97 Å². The molecule has 2 nitrogen and oxygen atoms in total. The van der Waals surface area contributed by atoms with Crippen LogP contribution < -0.4 is 0 Å². The third-order valence-electron chi connectivity index (χ3n) is 1.05. The molecule has 0 aromatic rings. The highest BCUT2D eigenvalue weighted by Gasteiger charge is 1.93. The van der Waals surface area contributed by atoms with Gasteiger partial charge in [-0.2, -0.15) is 0 Å². The van der Waals surface area contributed by atoms with Gasteiger partial charge in [-0.3, -0.25) is 0 Å². The minimum absolute atomic E-state index is 0.442. The van der Waals surface area contributed by atoms with E-state index in [0.717, 1.165) is 12.8 Å². The van der Waals surface area contributed by atoms with E-state index in [-0.39, 0.29) is 0 Å². The molecule has 0 rings (SSSR count). The highest BCUT2D eigenvalue weighted by atomic mass is 16.5. The van der Waals surface area contributed by atoms with Crippen LogP contribution in [0.2, 0.25) is 0 Å². The second kappa shape index (κ2) is 7.14. The van der Waals surface area contributed by atoms with Crippen LogP contribution in [0.15, 0.2) is 0 Å². The molecule has 0 bridgehead atoms. The summed E-state index contributed by atoms with van der Waals surface area (Å²) in [6, 6.07) is 0. The van der Waals surface area contributed by atoms with E-state index in [1.54, 1.807) is 0 Å². The van der Waals surface area contributed by atoms with E-state index in [0.29, 0.717) is 13.0 Å². The maximum Gasteiger partial charge on any atom is 0.384 e. The van der Waals surface area contributed by atoms with Crippen LogP contribution in [-0.2, 0) is 9.53 Å². The zero-order chi connectivity index (χ0) is 8.53. The summed E-state index contributed by atoms with van der Waals surface area (Å²) in [6.45, 7) is 5.98. The van der Waals surface area contributed by atoms with Crippen LogP contribution >= 0.6 is 0 Å². The van der Waals surface area contributed by atoms with Crippen molar-refractivity contribution >= 4 is 5.97 Å². The molecule has 0 spiro atoms. The molecule has 0 aliphatic carbocycles. The smallest absolute Gasteiger partial charge is 0.384 e. The number of unbranched alkanes of at least 4 members (excludes halogenated alkanes) is 1. The highest BCUT2D eigenvalue weighted by molar-refractivity contribution is 5.88. The first-order valence-corrected chi connectivity index (χ1v) is 3.76. The van der Waals surface area contributed by atoms with Gasteiger partial charge in [-0.25, -0.2) is 4.79 Å². The summed E-state index contributed by atoms with van der Waals surface area (Å²) in [6.07, 6.45) is 2.37. The summed E-state index contributed by atoms with van der Waals surface area (Å²) in [5.74, 6) is 4.41. The summed E-state index contributed by atoms with van der Waals surface area (Å²) >= 11 is 0. The molecule has 1 radical (unpaired) electrons. The molecule has 0 amide bonds. The van der Waals surface area contributed by atoms with Gasteiger partial charge in [-0.15, -0.1) is 0 Å². The van der Waals surface area contributed by atoms with Crippen molar-refractivity contribution in [3.63, 3.8) is 0 Å². The summed E-state index contributed by atoms with van der Waals surface area (Å²) in [5, 5.41) is 0. The van der Waals surface area contributed by atoms with Crippen molar-refractivity contribution in [2.75, 3.05) is 6.61 Å². The Morgan fingerprint density at radius 2 is 2.36 bits per heavy atom. The number of carbonyl (C=O) groups is 1. The van der Waals surface area contributed by atoms with Gasteiger partial charge in [-0.05, 0) is 13.3 Å². The van der Waals surface area contributed by atoms with Crippen LogP contribution in [0.5, 0.6) is 0 Å². The SMILES string of the molecule is [CH2]CC#CC(=O)OCCCC. The molecule has 0 unspecified atom stereocenters. The molecule has 0 saturated carbocycles. The molecule has 0 heterocycles. The van der Waals surface area contributed by atoms with Crippen LogP contribution in [0.25, 0.3) is 0 Å². The van der Waals surface area contributed by atoms with Gasteiger partial charge in [0.15, 0.2) is 0 Å². The Hall–Kier alpha value is -0.970. The Morgan fingerprint density at radius 1 is 1.64 bits per heavy atom. The van der Waals surface area contributed by atoms with E-state index in [1.165, 1.54) is 0 Å². The summed E-state index contributed by atoms with van der Waals surface area (Å²) in [4.78, 5) is 10.7. The Morgan fingerprint density at radius 3 is 2.91 bits per heavy atom. The first-order valence-electron chi connectivity index (χ1n) is 3.76. The van der Waals surface area contributed by atoms with Crippen molar-refractivity contribution < 1.29 is 9.53 Å². The largest absolute Gasteiger partial charge is 0.456 e. The van der Waals surface area contributed by atoms with E-state index >= 15 is 0 Å². The van der Waals surface area contributed by atoms with Crippen LogP contribution in [-0.4, -0.2) is 12.6 Å². The second-order valence-corrected chi connectivity index (χ2v) is 2.04. The maximum absolute atomic E-state index is 10.7. The molecule has 0 aromatic heterocycles. The fourth-order valence-corrected chi connectivity index (χ4v) is 0.480. The number of ether oxygens (including phenoxy) is 1. The number of hydrogen-bond donors (Lipinski definition) is 0. The lowest BCUT2D eigenvalue weighted by Crippen LogP contribution is -2.02. The maximum atomic E-state index is 10.7. The van der Waals surface area contributed by atoms with Gasteiger partial charge in [-0.1, -0.05) is 19.3 Å². The molecule has 0 saturated heterocycles. The lowest BCUT2D eigenvalue weighted by molar-refractivity contribution is -0.136. The lowest BCUT2D eigenvalue weighted by atomic mass is 10.4. The zero-order valence-corrected chi connectivity index (χ0v) is 6.85. The minimum Gasteiger partial charge on any atom is -0.456 e. The Labute approximate surface area is 67.9 Å². The van der Waals surface area contributed by atoms with Crippen LogP contribution in [0, 0.1) is 18.8 Å². The van der Waals surface area contributed by atoms with Crippen molar-refractivity contribution in [1.82, 2.24) is 0 Å². The molecule has 0 aliphatic heterocycles. The highest BCUT2D eigenvalue weighted by Crippen LogP contribution is 1.87. The van der Waals surface area contributed by atoms with Gasteiger partial charge in [0.1, 0.15) is 0 Å². The third-order valence-corrected chi connectivity index (χ3v) is 1.05. The summed E-state index contributed by atoms with van der Waals surface area (Å²) in [7, 11) is 0. The Kier molecular flexibility index (Phi) is 6.51. The standard InChI is InChI=1S/C9H13O2/c1-3-5-7-9(10)11-8-6-4-2/h1,3-4,6,8H2,2H3. The third kappa shape index (κ3) is 6.92. The molecule has 0 aliphatic rings. The van der Waals surface area contributed by atoms with Crippen LogP contribution in [0.4, 0.5) is 0 Å². The molecule has 11 heavy (non-hydrogen) atoms. The number of rotatable bonds is 3. The van der Waals surface area contributed by atoms with E-state index < -0.39 is 5.97 Å². The molecule has 61 valence electrons. The van der Waals surface area contributed by atoms with E-state index in [2.05, 4.69) is 18.8 Å². The molecule has 0 atom stereocenters. The molecular weight excluding hydrogens is 140 g/mol. The van der Waals surface area contributed by atoms with Crippen molar-refractivity contribution in [3.8, 4) is 11.8 Å². The van der Waals surface area contributed by atoms with E-state index in [4.69, 9.17) is 4.74 Å². The van der Waals surface area contributed by atoms with Gasteiger partial charge in [0.25, 0.3) is 0 Å². The van der Waals surface area contributed by atoms with Crippen molar-refractivity contribution in [2.24, 2.45) is 0 Å². The number of carbonyl (C=O) groups excluding carboxylic acids is 1. The molecule has 0 aromatic carbocycles. The Balaban J connectivity index is 3.37. The summed E-state index contributed by atoms with van der Waals surface area (Å²) < 4.78 is 4.74. The average Bonchev–Trinajstić information content (AvgIpc) is 2.01. The minimum atomic E-state index is -0.442. The van der Waals surface area contributed by atoms with Gasteiger partial charge in [0.2, 0.25) is 0 Å². The first kappa shape index (κ1) is 10.0. The quantitative estimate of drug-likeness (QED) is 0.266. The predicted molar refractivity (Wildman–Crippen MR) is 43.6 cm³/mol. The van der Waals surface area contributed by atoms with E-state index in [1.807, 2.05) is 6.92 Å². The van der Waals surface area contributed by atoms with Gasteiger partial charge < -0.3 is 4.74 Å². The van der Waals surface area contributed by atoms with Crippen LogP contribution in [0.1, 0.15) is 26.2 Å². The van der Waals surface area contributed by atoms with Gasteiger partial charge in [0, 0.05) is 12.3 Å². The fraction of sp³-hybridized carbons (Fsp3) is 0.556. The topological polar surface area (TPSA) is 26.3 Å². The summed E-state index contributed by atoms with van der Waals surface area (Å²) in [5.41, 5.74) is 0. The monoisotopic (exact) mass is 153 g/mol. The number of esters is 1. The van der Waals surface area contributed by atoms with Crippen molar-refractivity contribution in [3.05, 3.63) is 6.92 Å². The predicted octanol–water partition coefficient (Wildman–Crippen LogP) is 1.56. The fourth-order valence-electron chi connectivity index (χ4n) is 0.480. The first-order chi connectivity index (χ1) is 5.31. The van der Waals surface area contributed by atoms with Crippen LogP contribution in [0.3, 0.4) is 0 Å². The lowest BCUT2D eigenvalue weighted by Gasteiger charge is -1.96. The second-order valence-electron chi connectivity index (χ2n) is 2.04. The zero-order valence-electron chi connectivity index (χ0n) is 6.85. The number of hydrogen-bond acceptors (Lipinski definition) is 2. The Bertz CT molecular complexity index is 162.